The Bertz CT molecular complexity index is 623. The summed E-state index contributed by atoms with van der Waals surface area (Å²) in [6.45, 7) is 4.98. The Hall–Kier alpha value is -2.30. The molecule has 0 atom stereocenters. The molecule has 0 spiro atoms. The second kappa shape index (κ2) is 5.00. The van der Waals surface area contributed by atoms with Gasteiger partial charge in [-0.1, -0.05) is 6.07 Å². The van der Waals surface area contributed by atoms with Gasteiger partial charge in [0.05, 0.1) is 0 Å². The third-order valence-electron chi connectivity index (χ3n) is 3.17. The molecule has 2 aromatic rings. The Morgan fingerprint density at radius 1 is 1.05 bits per heavy atom. The lowest BCUT2D eigenvalue weighted by atomic mass is 10.2. The van der Waals surface area contributed by atoms with Crippen molar-refractivity contribution >= 4 is 5.95 Å². The summed E-state index contributed by atoms with van der Waals surface area (Å²) in [7, 11) is 1.98. The summed E-state index contributed by atoms with van der Waals surface area (Å²) in [5, 5.41) is 0. The molecule has 20 heavy (non-hydrogen) atoms. The standard InChI is InChI=1S/C15H17N3O2/c1-10-6-11(2)17-15(16-10)18(3)8-12-4-5-13-14(7-12)20-9-19-13/h4-7H,8-9H2,1-3H3. The number of nitrogens with zero attached hydrogens (tertiary/aromatic N) is 3. The van der Waals surface area contributed by atoms with Crippen molar-refractivity contribution in [3.8, 4) is 11.5 Å². The van der Waals surface area contributed by atoms with Crippen LogP contribution in [0.3, 0.4) is 0 Å². The number of hydrogen-bond acceptors (Lipinski definition) is 5. The second-order valence-electron chi connectivity index (χ2n) is 4.99. The Balaban J connectivity index is 1.80. The predicted octanol–water partition coefficient (Wildman–Crippen LogP) is 2.46. The second-order valence-corrected chi connectivity index (χ2v) is 4.99. The number of hydrogen-bond donors (Lipinski definition) is 0. The zero-order valence-electron chi connectivity index (χ0n) is 11.9. The van der Waals surface area contributed by atoms with Gasteiger partial charge in [-0.3, -0.25) is 0 Å². The van der Waals surface area contributed by atoms with E-state index in [1.54, 1.807) is 0 Å². The topological polar surface area (TPSA) is 47.5 Å². The van der Waals surface area contributed by atoms with Crippen LogP contribution in [0.5, 0.6) is 11.5 Å². The maximum atomic E-state index is 5.39. The minimum absolute atomic E-state index is 0.300. The first-order valence-corrected chi connectivity index (χ1v) is 6.54. The van der Waals surface area contributed by atoms with Crippen molar-refractivity contribution < 1.29 is 9.47 Å². The van der Waals surface area contributed by atoms with Gasteiger partial charge in [0, 0.05) is 25.0 Å². The molecule has 0 aliphatic carbocycles. The van der Waals surface area contributed by atoms with Crippen molar-refractivity contribution in [2.24, 2.45) is 0 Å². The zero-order valence-corrected chi connectivity index (χ0v) is 11.9. The maximum absolute atomic E-state index is 5.39. The van der Waals surface area contributed by atoms with Crippen LogP contribution in [-0.4, -0.2) is 23.8 Å². The summed E-state index contributed by atoms with van der Waals surface area (Å²) in [5.41, 5.74) is 3.09. The molecule has 1 aliphatic heterocycles. The molecule has 5 heteroatoms. The highest BCUT2D eigenvalue weighted by Gasteiger charge is 2.14. The highest BCUT2D eigenvalue weighted by Crippen LogP contribution is 2.32. The summed E-state index contributed by atoms with van der Waals surface area (Å²) in [4.78, 5) is 10.9. The summed E-state index contributed by atoms with van der Waals surface area (Å²) in [6, 6.07) is 7.94. The van der Waals surface area contributed by atoms with E-state index >= 15 is 0 Å². The van der Waals surface area contributed by atoms with E-state index in [-0.39, 0.29) is 0 Å². The molecule has 5 nitrogen and oxygen atoms in total. The molecule has 0 radical (unpaired) electrons. The first kappa shape index (κ1) is 12.7. The van der Waals surface area contributed by atoms with E-state index < -0.39 is 0 Å². The van der Waals surface area contributed by atoms with Gasteiger partial charge in [-0.05, 0) is 37.6 Å². The van der Waals surface area contributed by atoms with Gasteiger partial charge >= 0.3 is 0 Å². The lowest BCUT2D eigenvalue weighted by molar-refractivity contribution is 0.174. The molecular weight excluding hydrogens is 254 g/mol. The third-order valence-corrected chi connectivity index (χ3v) is 3.17. The number of benzene rings is 1. The first-order valence-electron chi connectivity index (χ1n) is 6.54. The van der Waals surface area contributed by atoms with Crippen LogP contribution in [0.4, 0.5) is 5.95 Å². The minimum Gasteiger partial charge on any atom is -0.454 e. The summed E-state index contributed by atoms with van der Waals surface area (Å²) >= 11 is 0. The van der Waals surface area contributed by atoms with Crippen LogP contribution in [0, 0.1) is 13.8 Å². The number of fused-ring (bicyclic) bond motifs is 1. The van der Waals surface area contributed by atoms with Crippen molar-refractivity contribution in [3.63, 3.8) is 0 Å². The van der Waals surface area contributed by atoms with E-state index in [0.29, 0.717) is 6.79 Å². The normalized spacial score (nSPS) is 12.6. The number of anilines is 1. The molecule has 1 aromatic carbocycles. The minimum atomic E-state index is 0.300. The van der Waals surface area contributed by atoms with Crippen molar-refractivity contribution in [3.05, 3.63) is 41.2 Å². The van der Waals surface area contributed by atoms with Crippen LogP contribution in [0.25, 0.3) is 0 Å². The molecule has 104 valence electrons. The van der Waals surface area contributed by atoms with Gasteiger partial charge in [-0.15, -0.1) is 0 Å². The van der Waals surface area contributed by atoms with Gasteiger partial charge in [0.15, 0.2) is 11.5 Å². The molecule has 0 amide bonds. The van der Waals surface area contributed by atoms with E-state index in [0.717, 1.165) is 40.9 Å². The number of aryl methyl sites for hydroxylation is 2. The largest absolute Gasteiger partial charge is 0.454 e. The van der Waals surface area contributed by atoms with E-state index in [1.807, 2.05) is 50.1 Å². The SMILES string of the molecule is Cc1cc(C)nc(N(C)Cc2ccc3c(c2)OCO3)n1. The summed E-state index contributed by atoms with van der Waals surface area (Å²) in [5.74, 6) is 2.34. The molecule has 0 bridgehead atoms. The Morgan fingerprint density at radius 2 is 1.75 bits per heavy atom. The van der Waals surface area contributed by atoms with Crippen molar-refractivity contribution in [2.45, 2.75) is 20.4 Å². The van der Waals surface area contributed by atoms with E-state index in [9.17, 15) is 0 Å². The monoisotopic (exact) mass is 271 g/mol. The van der Waals surface area contributed by atoms with E-state index in [2.05, 4.69) is 9.97 Å². The van der Waals surface area contributed by atoms with Gasteiger partial charge in [0.1, 0.15) is 0 Å². The van der Waals surface area contributed by atoms with Gasteiger partial charge in [0.25, 0.3) is 0 Å². The van der Waals surface area contributed by atoms with Crippen molar-refractivity contribution in [1.29, 1.82) is 0 Å². The van der Waals surface area contributed by atoms with Crippen LogP contribution in [0.2, 0.25) is 0 Å². The molecule has 0 unspecified atom stereocenters. The fourth-order valence-corrected chi connectivity index (χ4v) is 2.26. The summed E-state index contributed by atoms with van der Waals surface area (Å²) < 4.78 is 10.7. The van der Waals surface area contributed by atoms with E-state index in [4.69, 9.17) is 9.47 Å². The third kappa shape index (κ3) is 2.52. The molecule has 2 heterocycles. The Labute approximate surface area is 118 Å². The molecule has 0 saturated heterocycles. The molecule has 0 saturated carbocycles. The van der Waals surface area contributed by atoms with Crippen LogP contribution >= 0.6 is 0 Å². The Morgan fingerprint density at radius 3 is 2.50 bits per heavy atom. The van der Waals surface area contributed by atoms with Crippen LogP contribution in [0.1, 0.15) is 17.0 Å². The average molecular weight is 271 g/mol. The van der Waals surface area contributed by atoms with Crippen LogP contribution in [-0.2, 0) is 6.54 Å². The number of ether oxygens (including phenoxy) is 2. The molecule has 0 N–H and O–H groups in total. The van der Waals surface area contributed by atoms with Gasteiger partial charge in [-0.25, -0.2) is 9.97 Å². The molecule has 1 aromatic heterocycles. The van der Waals surface area contributed by atoms with Crippen LogP contribution < -0.4 is 14.4 Å². The highest BCUT2D eigenvalue weighted by atomic mass is 16.7. The number of aromatic nitrogens is 2. The Kier molecular flexibility index (Phi) is 3.18. The fraction of sp³-hybridized carbons (Fsp3) is 0.333. The fourth-order valence-electron chi connectivity index (χ4n) is 2.26. The zero-order chi connectivity index (χ0) is 14.1. The van der Waals surface area contributed by atoms with Crippen molar-refractivity contribution in [2.75, 3.05) is 18.7 Å². The van der Waals surface area contributed by atoms with Crippen LogP contribution in [0.15, 0.2) is 24.3 Å². The smallest absolute Gasteiger partial charge is 0.231 e. The average Bonchev–Trinajstić information content (AvgIpc) is 2.85. The molecule has 3 rings (SSSR count). The van der Waals surface area contributed by atoms with Gasteiger partial charge < -0.3 is 14.4 Å². The number of rotatable bonds is 3. The highest BCUT2D eigenvalue weighted by molar-refractivity contribution is 5.45. The van der Waals surface area contributed by atoms with Gasteiger partial charge in [-0.2, -0.15) is 0 Å². The predicted molar refractivity (Wildman–Crippen MR) is 76.2 cm³/mol. The first-order chi connectivity index (χ1) is 9.61. The molecule has 0 fully saturated rings. The quantitative estimate of drug-likeness (QED) is 0.858. The summed E-state index contributed by atoms with van der Waals surface area (Å²) in [6.07, 6.45) is 0. The van der Waals surface area contributed by atoms with Crippen molar-refractivity contribution in [1.82, 2.24) is 9.97 Å². The molecular formula is C15H17N3O2. The lowest BCUT2D eigenvalue weighted by Gasteiger charge is -2.18. The van der Waals surface area contributed by atoms with Gasteiger partial charge in [0.2, 0.25) is 12.7 Å². The lowest BCUT2D eigenvalue weighted by Crippen LogP contribution is -2.19. The van der Waals surface area contributed by atoms with E-state index in [1.165, 1.54) is 0 Å². The maximum Gasteiger partial charge on any atom is 0.231 e. The molecule has 1 aliphatic rings.